The average molecular weight is 305 g/mol. The first-order chi connectivity index (χ1) is 10.6. The first-order valence-corrected chi connectivity index (χ1v) is 6.28. The zero-order chi connectivity index (χ0) is 16.1. The van der Waals surface area contributed by atoms with Gasteiger partial charge in [0, 0.05) is 19.6 Å². The molecule has 0 aliphatic heterocycles. The molecular formula is C12H15N7O3. The molecule has 2 aromatic heterocycles. The number of aromatic carboxylic acids is 1. The largest absolute Gasteiger partial charge is 0.476 e. The molecule has 0 atom stereocenters. The van der Waals surface area contributed by atoms with Gasteiger partial charge in [-0.3, -0.25) is 4.90 Å². The van der Waals surface area contributed by atoms with Crippen LogP contribution in [0.25, 0.3) is 5.82 Å². The van der Waals surface area contributed by atoms with Crippen molar-refractivity contribution in [3.05, 3.63) is 36.7 Å². The van der Waals surface area contributed by atoms with Crippen molar-refractivity contribution in [2.75, 3.05) is 18.8 Å². The van der Waals surface area contributed by atoms with Gasteiger partial charge in [-0.05, 0) is 10.3 Å². The molecular weight excluding hydrogens is 290 g/mol. The maximum Gasteiger partial charge on any atom is 0.358 e. The van der Waals surface area contributed by atoms with Crippen molar-refractivity contribution in [1.82, 2.24) is 30.2 Å². The van der Waals surface area contributed by atoms with Gasteiger partial charge in [-0.1, -0.05) is 17.4 Å². The van der Waals surface area contributed by atoms with Gasteiger partial charge in [0.15, 0.2) is 5.69 Å². The van der Waals surface area contributed by atoms with E-state index in [-0.39, 0.29) is 23.9 Å². The van der Waals surface area contributed by atoms with Crippen LogP contribution in [0.3, 0.4) is 0 Å². The molecule has 0 bridgehead atoms. The van der Waals surface area contributed by atoms with E-state index in [2.05, 4.69) is 38.4 Å². The Labute approximate surface area is 125 Å². The predicted molar refractivity (Wildman–Crippen MR) is 76.3 cm³/mol. The molecule has 2 rings (SSSR count). The van der Waals surface area contributed by atoms with Crippen molar-refractivity contribution in [3.8, 4) is 5.82 Å². The molecule has 0 aliphatic carbocycles. The number of aromatic nitrogens is 5. The Morgan fingerprint density at radius 2 is 2.05 bits per heavy atom. The first kappa shape index (κ1) is 15.4. The number of hydrogen-bond donors (Lipinski definition) is 2. The summed E-state index contributed by atoms with van der Waals surface area (Å²) >= 11 is 0. The van der Waals surface area contributed by atoms with E-state index in [1.807, 2.05) is 4.90 Å². The fourth-order valence-electron chi connectivity index (χ4n) is 1.90. The van der Waals surface area contributed by atoms with E-state index < -0.39 is 5.97 Å². The summed E-state index contributed by atoms with van der Waals surface area (Å²) in [6.07, 6.45) is 3.40. The van der Waals surface area contributed by atoms with Gasteiger partial charge in [-0.25, -0.2) is 9.42 Å². The van der Waals surface area contributed by atoms with Crippen LogP contribution in [-0.2, 0) is 6.54 Å². The summed E-state index contributed by atoms with van der Waals surface area (Å²) in [6.45, 7) is 8.63. The lowest BCUT2D eigenvalue weighted by atomic mass is 10.2. The molecule has 2 heterocycles. The summed E-state index contributed by atoms with van der Waals surface area (Å²) in [4.78, 5) is 13.2. The molecule has 0 aromatic carbocycles. The highest BCUT2D eigenvalue weighted by Crippen LogP contribution is 2.17. The van der Waals surface area contributed by atoms with Crippen LogP contribution in [0.5, 0.6) is 0 Å². The molecule has 0 radical (unpaired) electrons. The lowest BCUT2D eigenvalue weighted by Gasteiger charge is -2.18. The van der Waals surface area contributed by atoms with E-state index in [4.69, 9.17) is 5.73 Å². The molecule has 0 saturated heterocycles. The maximum absolute atomic E-state index is 11.3. The second-order valence-electron chi connectivity index (χ2n) is 4.35. The van der Waals surface area contributed by atoms with Crippen molar-refractivity contribution < 1.29 is 14.5 Å². The molecule has 2 aromatic rings. The molecule has 0 saturated carbocycles. The van der Waals surface area contributed by atoms with Gasteiger partial charge in [-0.15, -0.1) is 18.3 Å². The number of carbonyl (C=O) groups is 1. The monoisotopic (exact) mass is 305 g/mol. The first-order valence-electron chi connectivity index (χ1n) is 6.28. The topological polar surface area (TPSA) is 136 Å². The maximum atomic E-state index is 11.3. The SMILES string of the molecule is C=CCN(CC=C)Cc1c(C(=O)O)nnn1-c1nonc1N. The van der Waals surface area contributed by atoms with Gasteiger partial charge in [0.2, 0.25) is 11.6 Å². The standard InChI is InChI=1S/C12H15N7O3/c1-3-5-18(6-4-2)7-8-9(12(20)21)14-17-19(8)11-10(13)15-22-16-11/h3-4H,1-2,5-7H2,(H2,13,15)(H,20,21). The minimum Gasteiger partial charge on any atom is -0.476 e. The Morgan fingerprint density at radius 3 is 2.55 bits per heavy atom. The van der Waals surface area contributed by atoms with Crippen LogP contribution >= 0.6 is 0 Å². The Kier molecular flexibility index (Phi) is 4.63. The Morgan fingerprint density at radius 1 is 1.36 bits per heavy atom. The Hall–Kier alpha value is -3.01. The lowest BCUT2D eigenvalue weighted by Crippen LogP contribution is -2.26. The Balaban J connectivity index is 2.44. The fourth-order valence-corrected chi connectivity index (χ4v) is 1.90. The van der Waals surface area contributed by atoms with Crippen molar-refractivity contribution in [3.63, 3.8) is 0 Å². The van der Waals surface area contributed by atoms with Crippen molar-refractivity contribution in [2.45, 2.75) is 6.54 Å². The van der Waals surface area contributed by atoms with E-state index in [1.54, 1.807) is 12.2 Å². The Bertz CT molecular complexity index is 681. The average Bonchev–Trinajstić information content (AvgIpc) is 3.05. The molecule has 0 unspecified atom stereocenters. The molecule has 10 heteroatoms. The van der Waals surface area contributed by atoms with Crippen molar-refractivity contribution >= 4 is 11.8 Å². The van der Waals surface area contributed by atoms with Gasteiger partial charge in [0.05, 0.1) is 5.69 Å². The summed E-state index contributed by atoms with van der Waals surface area (Å²) in [5.74, 6) is -1.12. The van der Waals surface area contributed by atoms with Crippen LogP contribution in [0, 0.1) is 0 Å². The van der Waals surface area contributed by atoms with Crippen molar-refractivity contribution in [2.24, 2.45) is 0 Å². The highest BCUT2D eigenvalue weighted by molar-refractivity contribution is 5.86. The smallest absolute Gasteiger partial charge is 0.358 e. The fraction of sp³-hybridized carbons (Fsp3) is 0.250. The number of nitrogens with zero attached hydrogens (tertiary/aromatic N) is 6. The van der Waals surface area contributed by atoms with E-state index in [0.29, 0.717) is 18.8 Å². The summed E-state index contributed by atoms with van der Waals surface area (Å²) in [5, 5.41) is 23.8. The van der Waals surface area contributed by atoms with Crippen LogP contribution in [0.1, 0.15) is 16.2 Å². The normalized spacial score (nSPS) is 10.8. The molecule has 0 amide bonds. The third-order valence-electron chi connectivity index (χ3n) is 2.81. The third-order valence-corrected chi connectivity index (χ3v) is 2.81. The van der Waals surface area contributed by atoms with Gasteiger partial charge in [0.25, 0.3) is 0 Å². The predicted octanol–water partition coefficient (Wildman–Crippen LogP) is 0.105. The quantitative estimate of drug-likeness (QED) is 0.650. The second kappa shape index (κ2) is 6.63. The summed E-state index contributed by atoms with van der Waals surface area (Å²) < 4.78 is 5.72. The number of carboxylic acids is 1. The van der Waals surface area contributed by atoms with Crippen LogP contribution < -0.4 is 5.73 Å². The van der Waals surface area contributed by atoms with Crippen LogP contribution in [-0.4, -0.2) is 54.4 Å². The third kappa shape index (κ3) is 3.01. The van der Waals surface area contributed by atoms with Gasteiger partial charge in [0.1, 0.15) is 0 Å². The second-order valence-corrected chi connectivity index (χ2v) is 4.35. The van der Waals surface area contributed by atoms with Crippen LogP contribution in [0.4, 0.5) is 5.82 Å². The van der Waals surface area contributed by atoms with Crippen LogP contribution in [0.15, 0.2) is 29.9 Å². The van der Waals surface area contributed by atoms with E-state index in [1.165, 1.54) is 4.68 Å². The number of nitrogen functional groups attached to an aromatic ring is 1. The zero-order valence-corrected chi connectivity index (χ0v) is 11.7. The molecule has 3 N–H and O–H groups in total. The van der Waals surface area contributed by atoms with Gasteiger partial charge >= 0.3 is 5.97 Å². The molecule has 10 nitrogen and oxygen atoms in total. The number of rotatable bonds is 8. The molecule has 0 aliphatic rings. The van der Waals surface area contributed by atoms with E-state index >= 15 is 0 Å². The zero-order valence-electron chi connectivity index (χ0n) is 11.7. The number of nitrogens with two attached hydrogens (primary N) is 1. The highest BCUT2D eigenvalue weighted by atomic mass is 16.6. The molecule has 22 heavy (non-hydrogen) atoms. The minimum absolute atomic E-state index is 0.0120. The summed E-state index contributed by atoms with van der Waals surface area (Å²) in [7, 11) is 0. The summed E-state index contributed by atoms with van der Waals surface area (Å²) in [6, 6.07) is 0. The minimum atomic E-state index is -1.20. The molecule has 116 valence electrons. The van der Waals surface area contributed by atoms with Crippen molar-refractivity contribution in [1.29, 1.82) is 0 Å². The summed E-state index contributed by atoms with van der Waals surface area (Å²) in [5.41, 5.74) is 5.74. The highest BCUT2D eigenvalue weighted by Gasteiger charge is 2.24. The van der Waals surface area contributed by atoms with Gasteiger partial charge in [-0.2, -0.15) is 4.68 Å². The van der Waals surface area contributed by atoms with E-state index in [0.717, 1.165) is 0 Å². The van der Waals surface area contributed by atoms with E-state index in [9.17, 15) is 9.90 Å². The van der Waals surface area contributed by atoms with Gasteiger partial charge < -0.3 is 10.8 Å². The van der Waals surface area contributed by atoms with Crippen LogP contribution in [0.2, 0.25) is 0 Å². The number of hydrogen-bond acceptors (Lipinski definition) is 8. The number of anilines is 1. The lowest BCUT2D eigenvalue weighted by molar-refractivity contribution is 0.0688. The number of carboxylic acid groups (broad SMARTS) is 1. The molecule has 0 fully saturated rings. The molecule has 0 spiro atoms.